The van der Waals surface area contributed by atoms with Crippen molar-refractivity contribution in [3.8, 4) is 0 Å². The zero-order valence-corrected chi connectivity index (χ0v) is 12.1. The van der Waals surface area contributed by atoms with Crippen LogP contribution in [-0.4, -0.2) is 39.1 Å². The van der Waals surface area contributed by atoms with Crippen LogP contribution in [0, 0.1) is 5.92 Å². The van der Waals surface area contributed by atoms with Gasteiger partial charge in [0.2, 0.25) is 0 Å². The van der Waals surface area contributed by atoms with E-state index in [1.165, 1.54) is 0 Å². The predicted molar refractivity (Wildman–Crippen MR) is 79.9 cm³/mol. The topological polar surface area (TPSA) is 63.1 Å². The van der Waals surface area contributed by atoms with Gasteiger partial charge in [0.05, 0.1) is 11.9 Å². The lowest BCUT2D eigenvalue weighted by molar-refractivity contribution is 0.207. The Morgan fingerprint density at radius 2 is 2.43 bits per heavy atom. The number of amides is 2. The molecule has 0 saturated carbocycles. The Bertz CT molecular complexity index is 610. The number of aryl methyl sites for hydroxylation is 1. The number of imidazole rings is 1. The predicted octanol–water partition coefficient (Wildman–Crippen LogP) is 2.00. The SMILES string of the molecule is CN(C[C@H]1CCn2ccnc2C1)C(=O)Nc1cccnc1. The van der Waals surface area contributed by atoms with E-state index in [2.05, 4.69) is 19.9 Å². The molecular formula is C15H19N5O. The Balaban J connectivity index is 1.54. The van der Waals surface area contributed by atoms with Gasteiger partial charge < -0.3 is 14.8 Å². The average Bonchev–Trinajstić information content (AvgIpc) is 2.95. The van der Waals surface area contributed by atoms with Crippen LogP contribution >= 0.6 is 0 Å². The second-order valence-corrected chi connectivity index (χ2v) is 5.45. The van der Waals surface area contributed by atoms with E-state index in [0.717, 1.165) is 31.8 Å². The van der Waals surface area contributed by atoms with Gasteiger partial charge in [0.25, 0.3) is 0 Å². The van der Waals surface area contributed by atoms with Crippen LogP contribution in [0.2, 0.25) is 0 Å². The van der Waals surface area contributed by atoms with Crippen molar-refractivity contribution in [3.05, 3.63) is 42.7 Å². The molecule has 0 fully saturated rings. The third-order valence-electron chi connectivity index (χ3n) is 3.84. The first-order chi connectivity index (χ1) is 10.2. The fourth-order valence-electron chi connectivity index (χ4n) is 2.70. The first kappa shape index (κ1) is 13.6. The van der Waals surface area contributed by atoms with Gasteiger partial charge in [0, 0.05) is 45.1 Å². The van der Waals surface area contributed by atoms with Crippen molar-refractivity contribution >= 4 is 11.7 Å². The van der Waals surface area contributed by atoms with Crippen LogP contribution in [-0.2, 0) is 13.0 Å². The van der Waals surface area contributed by atoms with Crippen molar-refractivity contribution in [1.29, 1.82) is 0 Å². The molecule has 0 radical (unpaired) electrons. The largest absolute Gasteiger partial charge is 0.335 e. The quantitative estimate of drug-likeness (QED) is 0.938. The van der Waals surface area contributed by atoms with Crippen LogP contribution in [0.1, 0.15) is 12.2 Å². The maximum absolute atomic E-state index is 12.1. The molecule has 1 aliphatic heterocycles. The van der Waals surface area contributed by atoms with Gasteiger partial charge in [-0.1, -0.05) is 0 Å². The third kappa shape index (κ3) is 3.21. The molecule has 2 amide bonds. The summed E-state index contributed by atoms with van der Waals surface area (Å²) in [5.74, 6) is 1.58. The fraction of sp³-hybridized carbons (Fsp3) is 0.400. The van der Waals surface area contributed by atoms with E-state index in [4.69, 9.17) is 0 Å². The lowest BCUT2D eigenvalue weighted by atomic mass is 9.97. The van der Waals surface area contributed by atoms with Crippen molar-refractivity contribution in [2.45, 2.75) is 19.4 Å². The smallest absolute Gasteiger partial charge is 0.321 e. The standard InChI is InChI=1S/C15H19N5O/c1-19(15(21)18-13-3-2-5-16-10-13)11-12-4-7-20-8-6-17-14(20)9-12/h2-3,5-6,8,10,12H,4,7,9,11H2,1H3,(H,18,21)/t12-/m0/s1. The molecule has 0 unspecified atom stereocenters. The van der Waals surface area contributed by atoms with Crippen LogP contribution < -0.4 is 5.32 Å². The molecule has 21 heavy (non-hydrogen) atoms. The maximum atomic E-state index is 12.1. The maximum Gasteiger partial charge on any atom is 0.321 e. The number of carbonyl (C=O) groups excluding carboxylic acids is 1. The monoisotopic (exact) mass is 285 g/mol. The first-order valence-electron chi connectivity index (χ1n) is 7.14. The minimum atomic E-state index is -0.100. The molecule has 2 aromatic rings. The molecule has 0 aromatic carbocycles. The fourth-order valence-corrected chi connectivity index (χ4v) is 2.70. The van der Waals surface area contributed by atoms with Crippen molar-refractivity contribution < 1.29 is 4.79 Å². The number of hydrogen-bond acceptors (Lipinski definition) is 3. The van der Waals surface area contributed by atoms with Crippen LogP contribution in [0.4, 0.5) is 10.5 Å². The molecule has 3 rings (SSSR count). The summed E-state index contributed by atoms with van der Waals surface area (Å²) in [5, 5.41) is 2.85. The van der Waals surface area contributed by atoms with Gasteiger partial charge in [-0.05, 0) is 24.5 Å². The first-order valence-corrected chi connectivity index (χ1v) is 7.14. The molecular weight excluding hydrogens is 266 g/mol. The molecule has 0 spiro atoms. The van der Waals surface area contributed by atoms with E-state index in [0.29, 0.717) is 11.6 Å². The second-order valence-electron chi connectivity index (χ2n) is 5.45. The molecule has 0 aliphatic carbocycles. The van der Waals surface area contributed by atoms with E-state index in [1.54, 1.807) is 23.4 Å². The highest BCUT2D eigenvalue weighted by Gasteiger charge is 2.22. The molecule has 0 saturated heterocycles. The highest BCUT2D eigenvalue weighted by molar-refractivity contribution is 5.88. The summed E-state index contributed by atoms with van der Waals surface area (Å²) in [6.45, 7) is 1.72. The Kier molecular flexibility index (Phi) is 3.85. The van der Waals surface area contributed by atoms with Gasteiger partial charge in [-0.25, -0.2) is 9.78 Å². The molecule has 3 heterocycles. The van der Waals surface area contributed by atoms with Gasteiger partial charge >= 0.3 is 6.03 Å². The lowest BCUT2D eigenvalue weighted by Crippen LogP contribution is -2.37. The summed E-state index contributed by atoms with van der Waals surface area (Å²) < 4.78 is 2.19. The molecule has 0 bridgehead atoms. The Hall–Kier alpha value is -2.37. The third-order valence-corrected chi connectivity index (χ3v) is 3.84. The molecule has 6 heteroatoms. The zero-order valence-electron chi connectivity index (χ0n) is 12.1. The van der Waals surface area contributed by atoms with Crippen molar-refractivity contribution in [3.63, 3.8) is 0 Å². The molecule has 110 valence electrons. The Labute approximate surface area is 123 Å². The van der Waals surface area contributed by atoms with E-state index >= 15 is 0 Å². The molecule has 1 N–H and O–H groups in total. The lowest BCUT2D eigenvalue weighted by Gasteiger charge is -2.27. The average molecular weight is 285 g/mol. The summed E-state index contributed by atoms with van der Waals surface area (Å²) in [6, 6.07) is 3.53. The van der Waals surface area contributed by atoms with Gasteiger partial charge in [-0.2, -0.15) is 0 Å². The Morgan fingerprint density at radius 3 is 3.24 bits per heavy atom. The van der Waals surface area contributed by atoms with Crippen molar-refractivity contribution in [2.24, 2.45) is 5.92 Å². The number of pyridine rings is 1. The van der Waals surface area contributed by atoms with Crippen molar-refractivity contribution in [1.82, 2.24) is 19.4 Å². The minimum Gasteiger partial charge on any atom is -0.335 e. The number of rotatable bonds is 3. The molecule has 1 aliphatic rings. The van der Waals surface area contributed by atoms with Gasteiger partial charge in [-0.3, -0.25) is 4.98 Å². The summed E-state index contributed by atoms with van der Waals surface area (Å²) in [7, 11) is 1.83. The van der Waals surface area contributed by atoms with Gasteiger partial charge in [0.15, 0.2) is 0 Å². The van der Waals surface area contributed by atoms with Gasteiger partial charge in [0.1, 0.15) is 5.82 Å². The van der Waals surface area contributed by atoms with Crippen LogP contribution in [0.3, 0.4) is 0 Å². The molecule has 2 aromatic heterocycles. The summed E-state index contributed by atoms with van der Waals surface area (Å²) in [5.41, 5.74) is 0.716. The van der Waals surface area contributed by atoms with E-state index in [1.807, 2.05) is 25.5 Å². The minimum absolute atomic E-state index is 0.100. The van der Waals surface area contributed by atoms with E-state index < -0.39 is 0 Å². The summed E-state index contributed by atoms with van der Waals surface area (Å²) in [4.78, 5) is 22.2. The van der Waals surface area contributed by atoms with E-state index in [9.17, 15) is 4.79 Å². The molecule has 1 atom stereocenters. The molecule has 6 nitrogen and oxygen atoms in total. The number of anilines is 1. The highest BCUT2D eigenvalue weighted by atomic mass is 16.2. The summed E-state index contributed by atoms with van der Waals surface area (Å²) in [6.07, 6.45) is 9.19. The number of carbonyl (C=O) groups is 1. The van der Waals surface area contributed by atoms with Crippen LogP contribution in [0.5, 0.6) is 0 Å². The second kappa shape index (κ2) is 5.95. The number of aromatic nitrogens is 3. The number of hydrogen-bond donors (Lipinski definition) is 1. The number of fused-ring (bicyclic) bond motifs is 1. The highest BCUT2D eigenvalue weighted by Crippen LogP contribution is 2.20. The van der Waals surface area contributed by atoms with E-state index in [-0.39, 0.29) is 6.03 Å². The zero-order chi connectivity index (χ0) is 14.7. The van der Waals surface area contributed by atoms with Crippen molar-refractivity contribution in [2.75, 3.05) is 18.9 Å². The Morgan fingerprint density at radius 1 is 1.52 bits per heavy atom. The van der Waals surface area contributed by atoms with Gasteiger partial charge in [-0.15, -0.1) is 0 Å². The summed E-state index contributed by atoms with van der Waals surface area (Å²) >= 11 is 0. The normalized spacial score (nSPS) is 17.1. The number of nitrogens with zero attached hydrogens (tertiary/aromatic N) is 4. The number of urea groups is 1. The number of nitrogens with one attached hydrogen (secondary N) is 1. The van der Waals surface area contributed by atoms with Crippen LogP contribution in [0.25, 0.3) is 0 Å². The van der Waals surface area contributed by atoms with Crippen LogP contribution in [0.15, 0.2) is 36.9 Å².